The van der Waals surface area contributed by atoms with Crippen LogP contribution in [0.4, 0.5) is 23.7 Å². The first-order valence-corrected chi connectivity index (χ1v) is 11.0. The van der Waals surface area contributed by atoms with Crippen LogP contribution in [-0.4, -0.2) is 22.5 Å². The van der Waals surface area contributed by atoms with Gasteiger partial charge in [0.1, 0.15) is 11.6 Å². The number of benzene rings is 3. The van der Waals surface area contributed by atoms with E-state index in [9.17, 15) is 18.0 Å². The van der Waals surface area contributed by atoms with Gasteiger partial charge < -0.3 is 14.6 Å². The lowest BCUT2D eigenvalue weighted by Crippen LogP contribution is -2.34. The van der Waals surface area contributed by atoms with Crippen molar-refractivity contribution >= 4 is 22.8 Å². The number of oxazole rings is 1. The molecule has 1 N–H and O–H groups in total. The maximum absolute atomic E-state index is 13.5. The van der Waals surface area contributed by atoms with Crippen LogP contribution in [0.5, 0.6) is 0 Å². The minimum atomic E-state index is -4.46. The molecule has 4 aromatic rings. The van der Waals surface area contributed by atoms with Gasteiger partial charge in [-0.2, -0.15) is 13.2 Å². The summed E-state index contributed by atoms with van der Waals surface area (Å²) in [5.74, 6) is 0.383. The van der Waals surface area contributed by atoms with Crippen LogP contribution in [0.25, 0.3) is 22.2 Å². The zero-order valence-corrected chi connectivity index (χ0v) is 18.4. The highest BCUT2D eigenvalue weighted by Crippen LogP contribution is 2.39. The summed E-state index contributed by atoms with van der Waals surface area (Å²) in [5, 5.41) is 2.95. The Bertz CT molecular complexity index is 1360. The molecule has 5 nitrogen and oxygen atoms in total. The number of carbonyl (C=O) groups excluding carboxylic acids is 1. The number of alkyl halides is 3. The molecule has 0 saturated carbocycles. The highest BCUT2D eigenvalue weighted by molar-refractivity contribution is 5.90. The van der Waals surface area contributed by atoms with Crippen molar-refractivity contribution in [2.24, 2.45) is 0 Å². The molecular weight excluding hydrogens is 443 g/mol. The van der Waals surface area contributed by atoms with Crippen LogP contribution in [0.2, 0.25) is 0 Å². The summed E-state index contributed by atoms with van der Waals surface area (Å²) in [6, 6.07) is 17.2. The fraction of sp³-hybridized carbons (Fsp3) is 0.231. The van der Waals surface area contributed by atoms with Crippen LogP contribution in [0.3, 0.4) is 0 Å². The Balaban J connectivity index is 1.44. The first kappa shape index (κ1) is 22.0. The first-order valence-electron chi connectivity index (χ1n) is 11.0. The van der Waals surface area contributed by atoms with E-state index >= 15 is 0 Å². The minimum absolute atomic E-state index is 0.0848. The molecule has 5 rings (SSSR count). The number of hydrogen-bond donors (Lipinski definition) is 1. The number of amides is 2. The third-order valence-corrected chi connectivity index (χ3v) is 6.13. The van der Waals surface area contributed by atoms with Crippen molar-refractivity contribution < 1.29 is 22.4 Å². The molecule has 1 atom stereocenters. The van der Waals surface area contributed by atoms with Crippen molar-refractivity contribution in [1.29, 1.82) is 0 Å². The molecule has 34 heavy (non-hydrogen) atoms. The molecule has 1 aliphatic rings. The van der Waals surface area contributed by atoms with E-state index in [0.717, 1.165) is 23.7 Å². The van der Waals surface area contributed by atoms with Gasteiger partial charge in [-0.3, -0.25) is 0 Å². The maximum atomic E-state index is 13.5. The van der Waals surface area contributed by atoms with E-state index < -0.39 is 11.7 Å². The number of carbonyl (C=O) groups is 1. The normalized spacial score (nSPS) is 16.2. The average molecular weight is 465 g/mol. The van der Waals surface area contributed by atoms with Crippen molar-refractivity contribution in [2.75, 3.05) is 11.9 Å². The minimum Gasteiger partial charge on any atom is -0.438 e. The van der Waals surface area contributed by atoms with Crippen LogP contribution < -0.4 is 5.32 Å². The van der Waals surface area contributed by atoms with Crippen LogP contribution in [-0.2, 0) is 6.18 Å². The van der Waals surface area contributed by atoms with Crippen molar-refractivity contribution in [3.8, 4) is 11.1 Å². The number of urea groups is 1. The molecule has 1 aromatic heterocycles. The second kappa shape index (κ2) is 8.52. The molecule has 174 valence electrons. The summed E-state index contributed by atoms with van der Waals surface area (Å²) < 4.78 is 46.4. The topological polar surface area (TPSA) is 58.4 Å². The van der Waals surface area contributed by atoms with Gasteiger partial charge in [-0.25, -0.2) is 9.78 Å². The van der Waals surface area contributed by atoms with Crippen molar-refractivity contribution in [1.82, 2.24) is 9.88 Å². The summed E-state index contributed by atoms with van der Waals surface area (Å²) in [6.45, 7) is 2.48. The van der Waals surface area contributed by atoms with E-state index in [1.165, 1.54) is 12.1 Å². The monoisotopic (exact) mass is 465 g/mol. The lowest BCUT2D eigenvalue weighted by molar-refractivity contribution is -0.137. The molecule has 2 amide bonds. The zero-order valence-electron chi connectivity index (χ0n) is 18.4. The molecule has 1 aliphatic heterocycles. The highest BCUT2D eigenvalue weighted by atomic mass is 19.4. The van der Waals surface area contributed by atoms with Gasteiger partial charge in [0.2, 0.25) is 5.89 Å². The number of hydrogen-bond acceptors (Lipinski definition) is 3. The van der Waals surface area contributed by atoms with Crippen LogP contribution in [0.1, 0.15) is 35.9 Å². The lowest BCUT2D eigenvalue weighted by Gasteiger charge is -2.23. The summed E-state index contributed by atoms with van der Waals surface area (Å²) in [5.41, 5.74) is 2.41. The molecular formula is C26H22F3N3O2. The van der Waals surface area contributed by atoms with E-state index in [1.54, 1.807) is 29.2 Å². The maximum Gasteiger partial charge on any atom is 0.417 e. The third-order valence-electron chi connectivity index (χ3n) is 6.13. The predicted octanol–water partition coefficient (Wildman–Crippen LogP) is 7.19. The van der Waals surface area contributed by atoms with Gasteiger partial charge in [0.15, 0.2) is 5.58 Å². The number of nitrogens with zero attached hydrogens (tertiary/aromatic N) is 2. The number of rotatable bonds is 3. The van der Waals surface area contributed by atoms with E-state index in [0.29, 0.717) is 35.5 Å². The van der Waals surface area contributed by atoms with Crippen LogP contribution in [0, 0.1) is 6.92 Å². The van der Waals surface area contributed by atoms with E-state index in [2.05, 4.69) is 10.3 Å². The molecule has 3 aromatic carbocycles. The van der Waals surface area contributed by atoms with Gasteiger partial charge >= 0.3 is 12.2 Å². The largest absolute Gasteiger partial charge is 0.438 e. The number of likely N-dealkylation sites (tertiary alicyclic amines) is 1. The Morgan fingerprint density at radius 2 is 1.85 bits per heavy atom. The van der Waals surface area contributed by atoms with E-state index in [-0.39, 0.29) is 17.6 Å². The molecule has 1 saturated heterocycles. The van der Waals surface area contributed by atoms with E-state index in [4.69, 9.17) is 4.42 Å². The summed E-state index contributed by atoms with van der Waals surface area (Å²) in [4.78, 5) is 19.2. The molecule has 0 aliphatic carbocycles. The summed E-state index contributed by atoms with van der Waals surface area (Å²) >= 11 is 0. The van der Waals surface area contributed by atoms with Crippen LogP contribution >= 0.6 is 0 Å². The summed E-state index contributed by atoms with van der Waals surface area (Å²) in [6.07, 6.45) is -2.97. The number of halogens is 3. The standard InChI is InChI=1S/C26H22F3N3O2/c1-16-7-2-5-10-20(16)31-25(33)32-14-6-11-22(32)24-30-21-15-17(12-13-23(21)34-24)18-8-3-4-9-19(18)26(27,28)29/h2-5,7-10,12-13,15,22H,6,11,14H2,1H3,(H,31,33). The number of aryl methyl sites for hydroxylation is 1. The molecule has 0 bridgehead atoms. The second-order valence-corrected chi connectivity index (χ2v) is 8.37. The summed E-state index contributed by atoms with van der Waals surface area (Å²) in [7, 11) is 0. The number of aromatic nitrogens is 1. The average Bonchev–Trinajstić information content (AvgIpc) is 3.46. The zero-order chi connectivity index (χ0) is 23.9. The molecule has 1 fully saturated rings. The Hall–Kier alpha value is -3.81. The molecule has 8 heteroatoms. The van der Waals surface area contributed by atoms with Gasteiger partial charge in [-0.15, -0.1) is 0 Å². The quantitative estimate of drug-likeness (QED) is 0.348. The van der Waals surface area contributed by atoms with Gasteiger partial charge in [-0.1, -0.05) is 42.5 Å². The lowest BCUT2D eigenvalue weighted by atomic mass is 9.99. The smallest absolute Gasteiger partial charge is 0.417 e. The highest BCUT2D eigenvalue weighted by Gasteiger charge is 2.35. The third kappa shape index (κ3) is 4.11. The molecule has 0 radical (unpaired) electrons. The SMILES string of the molecule is Cc1ccccc1NC(=O)N1CCCC1c1nc2cc(-c3ccccc3C(F)(F)F)ccc2o1. The Morgan fingerprint density at radius 3 is 2.65 bits per heavy atom. The Kier molecular flexibility index (Phi) is 5.51. The molecule has 1 unspecified atom stereocenters. The Morgan fingerprint density at radius 1 is 1.09 bits per heavy atom. The van der Waals surface area contributed by atoms with Crippen molar-refractivity contribution in [2.45, 2.75) is 32.0 Å². The first-order chi connectivity index (χ1) is 16.3. The van der Waals surface area contributed by atoms with Crippen LogP contribution in [0.15, 0.2) is 71.1 Å². The number of para-hydroxylation sites is 1. The van der Waals surface area contributed by atoms with Gasteiger partial charge in [0.25, 0.3) is 0 Å². The Labute approximate surface area is 194 Å². The molecule has 0 spiro atoms. The van der Waals surface area contributed by atoms with E-state index in [1.807, 2.05) is 31.2 Å². The number of fused-ring (bicyclic) bond motifs is 1. The van der Waals surface area contributed by atoms with Crippen molar-refractivity contribution in [3.63, 3.8) is 0 Å². The second-order valence-electron chi connectivity index (χ2n) is 8.37. The number of anilines is 1. The van der Waals surface area contributed by atoms with Gasteiger partial charge in [-0.05, 0) is 60.7 Å². The molecule has 2 heterocycles. The van der Waals surface area contributed by atoms with Gasteiger partial charge in [0, 0.05) is 12.2 Å². The fourth-order valence-corrected chi connectivity index (χ4v) is 4.40. The predicted molar refractivity (Wildman–Crippen MR) is 123 cm³/mol. The fourth-order valence-electron chi connectivity index (χ4n) is 4.40. The number of nitrogens with one attached hydrogen (secondary N) is 1. The van der Waals surface area contributed by atoms with Crippen molar-refractivity contribution in [3.05, 3.63) is 83.7 Å². The van der Waals surface area contributed by atoms with Gasteiger partial charge in [0.05, 0.1) is 5.56 Å².